The van der Waals surface area contributed by atoms with E-state index in [4.69, 9.17) is 4.98 Å². The molecule has 0 bridgehead atoms. The molecule has 7 nitrogen and oxygen atoms in total. The van der Waals surface area contributed by atoms with E-state index < -0.39 is 0 Å². The average Bonchev–Trinajstić information content (AvgIpc) is 3.33. The fourth-order valence-corrected chi connectivity index (χ4v) is 4.46. The predicted molar refractivity (Wildman–Crippen MR) is 107 cm³/mol. The maximum atomic E-state index is 4.71. The van der Waals surface area contributed by atoms with Gasteiger partial charge in [0, 0.05) is 57.1 Å². The standard InChI is InChI=1S/C21H27N7/c1-2-4-20-24-25-21(28(20)10-3-1)18-7-11-27(12-8-18)19-6-5-17(14-23-19)15-26-13-9-22-16-26/h5-6,9,13-14,16,18H,1-4,7-8,10-12,15H2. The van der Waals surface area contributed by atoms with Gasteiger partial charge in [-0.05, 0) is 37.3 Å². The van der Waals surface area contributed by atoms with Gasteiger partial charge in [-0.1, -0.05) is 12.5 Å². The van der Waals surface area contributed by atoms with Crippen molar-refractivity contribution in [2.75, 3.05) is 18.0 Å². The third kappa shape index (κ3) is 3.53. The zero-order chi connectivity index (χ0) is 18.8. The minimum Gasteiger partial charge on any atom is -0.357 e. The normalized spacial score (nSPS) is 18.1. The Hall–Kier alpha value is -2.70. The Bertz CT molecular complexity index is 889. The monoisotopic (exact) mass is 377 g/mol. The summed E-state index contributed by atoms with van der Waals surface area (Å²) in [6.45, 7) is 3.96. The molecule has 3 aromatic rings. The van der Waals surface area contributed by atoms with Crippen LogP contribution in [0.25, 0.3) is 0 Å². The number of anilines is 1. The van der Waals surface area contributed by atoms with Crippen molar-refractivity contribution in [3.63, 3.8) is 0 Å². The number of nitrogens with zero attached hydrogens (tertiary/aromatic N) is 7. The number of imidazole rings is 1. The van der Waals surface area contributed by atoms with Gasteiger partial charge in [-0.25, -0.2) is 9.97 Å². The van der Waals surface area contributed by atoms with Crippen molar-refractivity contribution in [1.82, 2.24) is 29.3 Å². The van der Waals surface area contributed by atoms with Crippen molar-refractivity contribution in [3.8, 4) is 0 Å². The number of piperidine rings is 1. The summed E-state index contributed by atoms with van der Waals surface area (Å²) in [5, 5.41) is 9.07. The lowest BCUT2D eigenvalue weighted by Crippen LogP contribution is -2.34. The van der Waals surface area contributed by atoms with E-state index in [2.05, 4.69) is 41.3 Å². The zero-order valence-electron chi connectivity index (χ0n) is 16.2. The van der Waals surface area contributed by atoms with Crippen molar-refractivity contribution in [3.05, 3.63) is 54.3 Å². The first-order valence-electron chi connectivity index (χ1n) is 10.4. The van der Waals surface area contributed by atoms with Gasteiger partial charge in [-0.15, -0.1) is 10.2 Å². The number of rotatable bonds is 4. The van der Waals surface area contributed by atoms with E-state index in [0.717, 1.165) is 51.3 Å². The number of fused-ring (bicyclic) bond motifs is 1. The second-order valence-electron chi connectivity index (χ2n) is 7.96. The molecule has 5 heterocycles. The van der Waals surface area contributed by atoms with Crippen LogP contribution in [0.2, 0.25) is 0 Å². The van der Waals surface area contributed by atoms with Crippen LogP contribution in [0.3, 0.4) is 0 Å². The summed E-state index contributed by atoms with van der Waals surface area (Å²) in [6.07, 6.45) is 14.7. The van der Waals surface area contributed by atoms with Crippen LogP contribution >= 0.6 is 0 Å². The van der Waals surface area contributed by atoms with Crippen LogP contribution in [0, 0.1) is 0 Å². The summed E-state index contributed by atoms with van der Waals surface area (Å²) in [6, 6.07) is 4.32. The highest BCUT2D eigenvalue weighted by Crippen LogP contribution is 2.30. The fourth-order valence-electron chi connectivity index (χ4n) is 4.46. The molecule has 0 aromatic carbocycles. The summed E-state index contributed by atoms with van der Waals surface area (Å²) >= 11 is 0. The highest BCUT2D eigenvalue weighted by Gasteiger charge is 2.27. The Balaban J connectivity index is 1.22. The zero-order valence-corrected chi connectivity index (χ0v) is 16.2. The van der Waals surface area contributed by atoms with Gasteiger partial charge in [-0.3, -0.25) is 0 Å². The van der Waals surface area contributed by atoms with Gasteiger partial charge in [0.15, 0.2) is 0 Å². The van der Waals surface area contributed by atoms with Crippen LogP contribution < -0.4 is 4.90 Å². The Morgan fingerprint density at radius 2 is 1.93 bits per heavy atom. The summed E-state index contributed by atoms with van der Waals surface area (Å²) in [5.41, 5.74) is 1.20. The fraction of sp³-hybridized carbons (Fsp3) is 0.524. The maximum Gasteiger partial charge on any atom is 0.136 e. The van der Waals surface area contributed by atoms with E-state index in [-0.39, 0.29) is 0 Å². The Kier molecular flexibility index (Phi) is 4.81. The van der Waals surface area contributed by atoms with Crippen molar-refractivity contribution in [1.29, 1.82) is 0 Å². The average molecular weight is 377 g/mol. The molecular formula is C21H27N7. The van der Waals surface area contributed by atoms with Gasteiger partial charge < -0.3 is 14.0 Å². The number of aromatic nitrogens is 6. The van der Waals surface area contributed by atoms with Crippen molar-refractivity contribution < 1.29 is 0 Å². The molecule has 5 rings (SSSR count). The number of hydrogen-bond donors (Lipinski definition) is 0. The van der Waals surface area contributed by atoms with E-state index in [9.17, 15) is 0 Å². The van der Waals surface area contributed by atoms with Crippen LogP contribution in [-0.4, -0.2) is 42.4 Å². The summed E-state index contributed by atoms with van der Waals surface area (Å²) < 4.78 is 4.47. The summed E-state index contributed by atoms with van der Waals surface area (Å²) in [4.78, 5) is 11.2. The second kappa shape index (κ2) is 7.73. The van der Waals surface area contributed by atoms with Crippen molar-refractivity contribution in [2.24, 2.45) is 0 Å². The van der Waals surface area contributed by atoms with Gasteiger partial charge in [0.2, 0.25) is 0 Å². The Labute approximate surface area is 165 Å². The first kappa shape index (κ1) is 17.4. The van der Waals surface area contributed by atoms with Crippen molar-refractivity contribution >= 4 is 5.82 Å². The predicted octanol–water partition coefficient (Wildman–Crippen LogP) is 3.03. The molecule has 0 radical (unpaired) electrons. The molecule has 7 heteroatoms. The highest BCUT2D eigenvalue weighted by atomic mass is 15.3. The van der Waals surface area contributed by atoms with Crippen LogP contribution in [-0.2, 0) is 19.5 Å². The van der Waals surface area contributed by atoms with E-state index >= 15 is 0 Å². The molecule has 0 unspecified atom stereocenters. The van der Waals surface area contributed by atoms with Crippen LogP contribution in [0.5, 0.6) is 0 Å². The summed E-state index contributed by atoms with van der Waals surface area (Å²) in [7, 11) is 0. The molecule has 1 fully saturated rings. The number of pyridine rings is 1. The van der Waals surface area contributed by atoms with E-state index in [0.29, 0.717) is 5.92 Å². The van der Waals surface area contributed by atoms with Crippen LogP contribution in [0.15, 0.2) is 37.1 Å². The lowest BCUT2D eigenvalue weighted by atomic mass is 9.95. The van der Waals surface area contributed by atoms with Gasteiger partial charge in [0.05, 0.1) is 6.33 Å². The molecule has 0 aliphatic carbocycles. The smallest absolute Gasteiger partial charge is 0.136 e. The molecule has 0 saturated carbocycles. The first-order chi connectivity index (χ1) is 13.9. The Morgan fingerprint density at radius 3 is 2.71 bits per heavy atom. The van der Waals surface area contributed by atoms with Gasteiger partial charge in [0.1, 0.15) is 17.5 Å². The van der Waals surface area contributed by atoms with E-state index in [1.807, 2.05) is 18.7 Å². The quantitative estimate of drug-likeness (QED) is 0.699. The maximum absolute atomic E-state index is 4.71. The first-order valence-corrected chi connectivity index (χ1v) is 10.4. The van der Waals surface area contributed by atoms with Gasteiger partial charge in [0.25, 0.3) is 0 Å². The molecule has 0 spiro atoms. The molecule has 28 heavy (non-hydrogen) atoms. The third-order valence-corrected chi connectivity index (χ3v) is 6.06. The number of hydrogen-bond acceptors (Lipinski definition) is 5. The second-order valence-corrected chi connectivity index (χ2v) is 7.96. The molecule has 0 N–H and O–H groups in total. The van der Waals surface area contributed by atoms with E-state index in [1.54, 1.807) is 6.20 Å². The third-order valence-electron chi connectivity index (χ3n) is 6.06. The van der Waals surface area contributed by atoms with E-state index in [1.165, 1.54) is 36.5 Å². The summed E-state index contributed by atoms with van der Waals surface area (Å²) in [5.74, 6) is 4.02. The lowest BCUT2D eigenvalue weighted by molar-refractivity contribution is 0.458. The SMILES string of the molecule is c1cn(Cc2ccc(N3CCC(c4nnc5n4CCCCC5)CC3)nc2)cn1. The highest BCUT2D eigenvalue weighted by molar-refractivity contribution is 5.40. The molecular weight excluding hydrogens is 350 g/mol. The topological polar surface area (TPSA) is 64.7 Å². The van der Waals surface area contributed by atoms with Gasteiger partial charge >= 0.3 is 0 Å². The largest absolute Gasteiger partial charge is 0.357 e. The molecule has 0 amide bonds. The molecule has 146 valence electrons. The molecule has 2 aliphatic heterocycles. The lowest BCUT2D eigenvalue weighted by Gasteiger charge is -2.32. The number of aryl methyl sites for hydroxylation is 1. The molecule has 0 atom stereocenters. The van der Waals surface area contributed by atoms with Crippen LogP contribution in [0.4, 0.5) is 5.82 Å². The minimum absolute atomic E-state index is 0.524. The molecule has 2 aliphatic rings. The molecule has 1 saturated heterocycles. The molecule has 3 aromatic heterocycles. The van der Waals surface area contributed by atoms with Crippen molar-refractivity contribution in [2.45, 2.75) is 57.5 Å². The Morgan fingerprint density at radius 1 is 1.00 bits per heavy atom. The van der Waals surface area contributed by atoms with Gasteiger partial charge in [-0.2, -0.15) is 0 Å². The minimum atomic E-state index is 0.524. The van der Waals surface area contributed by atoms with Crippen LogP contribution in [0.1, 0.15) is 55.2 Å².